The number of alkyl halides is 2. The zero-order chi connectivity index (χ0) is 35.8. The number of likely N-dealkylation sites (tertiary alicyclic amines) is 1. The number of hydrogen-bond acceptors (Lipinski definition) is 7. The molecule has 50 heavy (non-hydrogen) atoms. The van der Waals surface area contributed by atoms with Crippen LogP contribution in [0.15, 0.2) is 53.9 Å². The minimum Gasteiger partial charge on any atom is -0.465 e. The second kappa shape index (κ2) is 13.8. The predicted octanol–water partition coefficient (Wildman–Crippen LogP) is 4.18. The minimum absolute atomic E-state index is 0.0801. The van der Waals surface area contributed by atoms with Gasteiger partial charge in [0.25, 0.3) is 11.8 Å². The number of amidine groups is 1. The summed E-state index contributed by atoms with van der Waals surface area (Å²) in [7, 11) is 0. The Balaban J connectivity index is 1.12. The van der Waals surface area contributed by atoms with E-state index in [1.54, 1.807) is 36.6 Å². The lowest BCUT2D eigenvalue weighted by Crippen LogP contribution is -2.51. The molecule has 2 aliphatic carbocycles. The monoisotopic (exact) mass is 708 g/mol. The Bertz CT molecular complexity index is 1850. The van der Waals surface area contributed by atoms with Crippen molar-refractivity contribution in [2.24, 2.45) is 11.1 Å². The van der Waals surface area contributed by atoms with Gasteiger partial charge in [-0.15, -0.1) is 11.3 Å². The molecule has 2 aromatic carbocycles. The van der Waals surface area contributed by atoms with Gasteiger partial charge in [0.05, 0.1) is 19.2 Å². The smallest absolute Gasteiger partial charge is 0.404 e. The van der Waals surface area contributed by atoms with E-state index in [0.717, 1.165) is 4.88 Å². The third kappa shape index (κ3) is 6.79. The van der Waals surface area contributed by atoms with Crippen LogP contribution in [0.5, 0.6) is 0 Å². The number of ether oxygens (including phenoxy) is 1. The number of nitrogens with zero attached hydrogens (tertiary/aromatic N) is 1. The number of carbonyl (C=O) groups is 4. The highest BCUT2D eigenvalue weighted by molar-refractivity contribution is 7.10. The van der Waals surface area contributed by atoms with E-state index in [-0.39, 0.29) is 40.0 Å². The summed E-state index contributed by atoms with van der Waals surface area (Å²) in [6.45, 7) is 2.41. The van der Waals surface area contributed by atoms with Crippen LogP contribution in [-0.4, -0.2) is 78.0 Å². The van der Waals surface area contributed by atoms with Gasteiger partial charge in [-0.1, -0.05) is 30.3 Å². The molecule has 7 N–H and O–H groups in total. The first-order valence-electron chi connectivity index (χ1n) is 16.3. The molecule has 3 aliphatic rings. The molecule has 1 saturated heterocycles. The second-order valence-corrected chi connectivity index (χ2v) is 14.0. The van der Waals surface area contributed by atoms with E-state index in [9.17, 15) is 19.2 Å². The molecule has 0 radical (unpaired) electrons. The first-order chi connectivity index (χ1) is 23.8. The van der Waals surface area contributed by atoms with Crippen molar-refractivity contribution in [2.45, 2.75) is 56.7 Å². The Morgan fingerprint density at radius 1 is 1.06 bits per heavy atom. The van der Waals surface area contributed by atoms with Gasteiger partial charge in [0.15, 0.2) is 0 Å². The van der Waals surface area contributed by atoms with Crippen molar-refractivity contribution in [1.29, 1.82) is 5.41 Å². The number of nitrogen functional groups attached to an aromatic ring is 1. The normalized spacial score (nSPS) is 21.4. The average Bonchev–Trinajstić information content (AvgIpc) is 3.37. The summed E-state index contributed by atoms with van der Waals surface area (Å²) in [6, 6.07) is 10.3. The molecule has 2 fully saturated rings. The highest BCUT2D eigenvalue weighted by atomic mass is 32.1. The van der Waals surface area contributed by atoms with Gasteiger partial charge in [0.2, 0.25) is 11.8 Å². The average molecular weight is 709 g/mol. The quantitative estimate of drug-likeness (QED) is 0.0824. The predicted molar refractivity (Wildman–Crippen MR) is 181 cm³/mol. The fourth-order valence-corrected chi connectivity index (χ4v) is 7.91. The summed E-state index contributed by atoms with van der Waals surface area (Å²) in [5.41, 5.74) is 6.15. The molecule has 15 heteroatoms. The number of halogens is 2. The number of rotatable bonds is 14. The van der Waals surface area contributed by atoms with Gasteiger partial charge in [0, 0.05) is 57.1 Å². The number of benzene rings is 2. The molecule has 0 bridgehead atoms. The van der Waals surface area contributed by atoms with Crippen LogP contribution in [0.3, 0.4) is 0 Å². The van der Waals surface area contributed by atoms with Crippen LogP contribution in [0.2, 0.25) is 0 Å². The lowest BCUT2D eigenvalue weighted by atomic mass is 10.00. The van der Waals surface area contributed by atoms with Gasteiger partial charge < -0.3 is 36.4 Å². The molecular weight excluding hydrogens is 670 g/mol. The fraction of sp³-hybridized carbons (Fsp3) is 0.400. The van der Waals surface area contributed by atoms with E-state index in [4.69, 9.17) is 21.0 Å². The van der Waals surface area contributed by atoms with Crippen molar-refractivity contribution in [3.63, 3.8) is 0 Å². The summed E-state index contributed by atoms with van der Waals surface area (Å²) in [6.07, 6.45) is 1.13. The number of thiophene rings is 1. The maximum atomic E-state index is 15.0. The summed E-state index contributed by atoms with van der Waals surface area (Å²) in [5.74, 6) is -4.69. The number of piperidine rings is 1. The summed E-state index contributed by atoms with van der Waals surface area (Å²) in [4.78, 5) is 53.6. The van der Waals surface area contributed by atoms with Crippen molar-refractivity contribution in [3.05, 3.63) is 81.0 Å². The van der Waals surface area contributed by atoms with E-state index in [2.05, 4.69) is 16.0 Å². The topological polar surface area (TPSA) is 187 Å². The van der Waals surface area contributed by atoms with Gasteiger partial charge >= 0.3 is 6.09 Å². The number of nitrogens with one attached hydrogen (secondary N) is 4. The molecule has 1 aliphatic heterocycles. The molecule has 4 atom stereocenters. The van der Waals surface area contributed by atoms with Crippen LogP contribution in [0.25, 0.3) is 11.1 Å². The number of carbonyl (C=O) groups excluding carboxylic acids is 3. The Labute approximate surface area is 290 Å². The highest BCUT2D eigenvalue weighted by Crippen LogP contribution is 2.60. The molecule has 1 saturated carbocycles. The molecular formula is C35H38F2N6O6S. The van der Waals surface area contributed by atoms with Crippen LogP contribution < -0.4 is 21.7 Å². The Kier molecular flexibility index (Phi) is 9.64. The number of amides is 4. The number of fused-ring (bicyclic) bond motifs is 4. The number of hydrogen-bond donors (Lipinski definition) is 6. The van der Waals surface area contributed by atoms with E-state index < -0.39 is 47.9 Å². The van der Waals surface area contributed by atoms with Gasteiger partial charge in [-0.05, 0) is 61.9 Å². The molecule has 12 nitrogen and oxygen atoms in total. The minimum atomic E-state index is -3.18. The fourth-order valence-electron chi connectivity index (χ4n) is 6.99. The zero-order valence-electron chi connectivity index (χ0n) is 27.3. The van der Waals surface area contributed by atoms with Crippen LogP contribution in [0.1, 0.15) is 70.6 Å². The maximum absolute atomic E-state index is 15.0. The highest BCUT2D eigenvalue weighted by Gasteiger charge is 2.67. The Morgan fingerprint density at radius 2 is 1.82 bits per heavy atom. The molecule has 4 amide bonds. The molecule has 6 rings (SSSR count). The molecule has 264 valence electrons. The summed E-state index contributed by atoms with van der Waals surface area (Å²) in [5, 5.41) is 26.0. The van der Waals surface area contributed by atoms with Gasteiger partial charge in [-0.25, -0.2) is 4.79 Å². The van der Waals surface area contributed by atoms with E-state index in [1.807, 2.05) is 0 Å². The molecule has 3 aromatic rings. The molecule has 1 unspecified atom stereocenters. The maximum Gasteiger partial charge on any atom is 0.404 e. The van der Waals surface area contributed by atoms with E-state index >= 15 is 8.78 Å². The van der Waals surface area contributed by atoms with Gasteiger partial charge in [0.1, 0.15) is 11.9 Å². The van der Waals surface area contributed by atoms with Gasteiger partial charge in [-0.3, -0.25) is 19.8 Å². The van der Waals surface area contributed by atoms with Gasteiger partial charge in [-0.2, -0.15) is 8.78 Å². The van der Waals surface area contributed by atoms with Crippen LogP contribution in [0.4, 0.5) is 13.6 Å². The van der Waals surface area contributed by atoms with Crippen LogP contribution >= 0.6 is 11.3 Å². The van der Waals surface area contributed by atoms with Crippen molar-refractivity contribution < 1.29 is 37.8 Å². The van der Waals surface area contributed by atoms with Crippen molar-refractivity contribution >= 4 is 41.0 Å². The van der Waals surface area contributed by atoms with Crippen LogP contribution in [-0.2, 0) is 20.2 Å². The van der Waals surface area contributed by atoms with Crippen molar-refractivity contribution in [3.8, 4) is 11.1 Å². The first kappa shape index (κ1) is 35.0. The summed E-state index contributed by atoms with van der Waals surface area (Å²) < 4.78 is 36.0. The van der Waals surface area contributed by atoms with E-state index in [1.165, 1.54) is 40.5 Å². The zero-order valence-corrected chi connectivity index (χ0v) is 28.1. The van der Waals surface area contributed by atoms with Crippen molar-refractivity contribution in [1.82, 2.24) is 20.9 Å². The third-order valence-electron chi connectivity index (χ3n) is 9.68. The molecule has 1 aromatic heterocycles. The molecule has 2 heterocycles. The number of nitrogens with two attached hydrogens (primary N) is 1. The Morgan fingerprint density at radius 3 is 2.56 bits per heavy atom. The standard InChI is InChI=1S/C35H38F2N6O6S/c1-19(27-13-21(17-50-27)30(38)39)42-32(46)26-14-34(18-49-11-5-4-10-40-33(47)48)15-28(34)43(26)29(44)16-41-31(45)20-8-9-25-23(12-20)22-6-2-3-7-24(22)35(25,36)37/h2-3,6-9,12-13,17,19,26,28,40H,4-5,10-11,14-16,18H2,1H3,(H3,38,39)(H,41,45)(H,42,46)(H,47,48)/t19?,26-,28-,34+/m0/s1. The SMILES string of the molecule is CC(NC(=O)[C@@H]1C[C@]2(COCCCCNC(=O)O)C[C@@H]2N1C(=O)CNC(=O)c1ccc2c(c1)-c1ccccc1C2(F)F)c1cc(C(=N)N)cs1. The lowest BCUT2D eigenvalue weighted by molar-refractivity contribution is -0.139. The first-order valence-corrected chi connectivity index (χ1v) is 17.2. The Hall–Kier alpha value is -4.89. The number of unbranched alkanes of at least 4 members (excludes halogenated alkanes) is 1. The summed E-state index contributed by atoms with van der Waals surface area (Å²) >= 11 is 1.36. The van der Waals surface area contributed by atoms with E-state index in [0.29, 0.717) is 56.6 Å². The largest absolute Gasteiger partial charge is 0.465 e. The van der Waals surface area contributed by atoms with Crippen molar-refractivity contribution in [2.75, 3.05) is 26.3 Å². The lowest BCUT2D eigenvalue weighted by Gasteiger charge is -2.28. The number of carboxylic acid groups (broad SMARTS) is 1. The third-order valence-corrected chi connectivity index (χ3v) is 10.8. The second-order valence-electron chi connectivity index (χ2n) is 13.0. The van der Waals surface area contributed by atoms with Crippen LogP contribution in [0, 0.1) is 10.8 Å². The molecule has 0 spiro atoms.